The number of fused-ring (bicyclic) bond motifs is 7. The maximum absolute atomic E-state index is 8.00. The predicted octanol–water partition coefficient (Wildman–Crippen LogP) is 13.6. The molecule has 2 bridgehead atoms. The first kappa shape index (κ1) is 54.4. The van der Waals surface area contributed by atoms with Gasteiger partial charge in [-0.25, -0.2) is 0 Å². The van der Waals surface area contributed by atoms with Gasteiger partial charge in [0.15, 0.2) is 46.0 Å². The summed E-state index contributed by atoms with van der Waals surface area (Å²) in [6.07, 6.45) is 23.0. The largest absolute Gasteiger partial charge is 0.490 e. The second-order valence-corrected chi connectivity index (χ2v) is 25.0. The first-order valence-corrected chi connectivity index (χ1v) is 31.4. The van der Waals surface area contributed by atoms with E-state index in [0.717, 1.165) is 84.5 Å². The molecule has 12 heteroatoms. The Hall–Kier alpha value is -4.88. The number of hydrogen-bond acceptors (Lipinski definition) is 12. The van der Waals surface area contributed by atoms with Crippen molar-refractivity contribution < 1.29 is 56.8 Å². The fraction of sp³-hybridized carbons (Fsp3) is 0.647. The maximum Gasteiger partial charge on any atom is 0.161 e. The van der Waals surface area contributed by atoms with E-state index in [0.29, 0.717) is 139 Å². The Balaban J connectivity index is 0.869. The lowest BCUT2D eigenvalue weighted by molar-refractivity contribution is -0.313. The smallest absolute Gasteiger partial charge is 0.161 e. The number of rotatable bonds is 0. The highest BCUT2D eigenvalue weighted by Gasteiger charge is 2.92. The molecule has 5 spiro atoms. The van der Waals surface area contributed by atoms with Crippen LogP contribution in [0.4, 0.5) is 0 Å². The van der Waals surface area contributed by atoms with Crippen LogP contribution in [-0.2, 0) is 18.9 Å². The Bertz CT molecular complexity index is 2680. The van der Waals surface area contributed by atoms with Crippen LogP contribution in [-0.4, -0.2) is 104 Å². The molecule has 8 aliphatic carbocycles. The molecule has 2 heterocycles. The second-order valence-electron chi connectivity index (χ2n) is 25.0. The standard InChI is InChI=1S/C68H88O12/c1-3-23-62-66(30-14-1)52-26-24-50-51(25-27-53(52)68(67(62)49-63(66)67)34-36-72-55-16-5-7-18-57(55)74-42-38-70-40-44-76-59-20-9-11-22-61(59)78-46-48-80-68)65(29-13-2-12-28-64(50)31-32-64)33-35-71-54-15-4-6-17-56(54)73-41-37-69-39-43-75-58-19-8-10-21-60(58)77-45-47-79-65/h4-11,15-22,50-53,62-63H,1-3,12-14,23-49H2/t50?,51-,52?,53+,62?,63?,65+,66+,67-,68?/m1/s1. The van der Waals surface area contributed by atoms with Gasteiger partial charge >= 0.3 is 0 Å². The van der Waals surface area contributed by atoms with Gasteiger partial charge in [-0.2, -0.15) is 0 Å². The molecule has 4 aromatic rings. The molecule has 0 aromatic heterocycles. The molecule has 432 valence electrons. The highest BCUT2D eigenvalue weighted by Crippen LogP contribution is 2.94. The summed E-state index contributed by atoms with van der Waals surface area (Å²) in [7, 11) is 0. The van der Waals surface area contributed by atoms with Crippen molar-refractivity contribution >= 4 is 0 Å². The summed E-state index contributed by atoms with van der Waals surface area (Å²) in [6, 6.07) is 32.3. The Morgan fingerprint density at radius 2 is 0.725 bits per heavy atom. The predicted molar refractivity (Wildman–Crippen MR) is 305 cm³/mol. The molecule has 8 saturated carbocycles. The number of para-hydroxylation sites is 8. The zero-order valence-electron chi connectivity index (χ0n) is 47.4. The Kier molecular flexibility index (Phi) is 16.4. The Labute approximate surface area is 475 Å². The molecule has 12 nitrogen and oxygen atoms in total. The molecule has 0 radical (unpaired) electrons. The van der Waals surface area contributed by atoms with Crippen LogP contribution in [0.15, 0.2) is 97.1 Å². The van der Waals surface area contributed by atoms with Crippen LogP contribution < -0.4 is 37.9 Å². The van der Waals surface area contributed by atoms with Crippen molar-refractivity contribution in [3.63, 3.8) is 0 Å². The van der Waals surface area contributed by atoms with Gasteiger partial charge in [0.1, 0.15) is 39.6 Å². The summed E-state index contributed by atoms with van der Waals surface area (Å²) in [5.41, 5.74) is 0.0508. The first-order chi connectivity index (χ1) is 39.6. The van der Waals surface area contributed by atoms with Gasteiger partial charge < -0.3 is 56.8 Å². The highest BCUT2D eigenvalue weighted by atomic mass is 16.6. The van der Waals surface area contributed by atoms with Gasteiger partial charge in [-0.05, 0) is 165 Å². The number of hydrogen-bond donors (Lipinski definition) is 0. The van der Waals surface area contributed by atoms with Crippen LogP contribution >= 0.6 is 0 Å². The topological polar surface area (TPSA) is 111 Å². The third kappa shape index (κ3) is 10.4. The zero-order valence-corrected chi connectivity index (χ0v) is 47.4. The van der Waals surface area contributed by atoms with Gasteiger partial charge in [0.05, 0.1) is 64.1 Å². The van der Waals surface area contributed by atoms with E-state index in [1.54, 1.807) is 0 Å². The van der Waals surface area contributed by atoms with Crippen molar-refractivity contribution in [1.29, 1.82) is 0 Å². The fourth-order valence-corrected chi connectivity index (χ4v) is 18.4. The SMILES string of the molecule is c1ccc2c(c1)OCCOCCOc1ccccc1OCCC1(OCCO2)[C@H]2CC[C@@H]3C(CCC2[C@@]24CCCCCC2[C@@]12CC42)C1(CCCCC[C@]32CCOc3ccccc3OCCOCCOc3ccccc3OCCO2)CC1. The minimum Gasteiger partial charge on any atom is -0.490 e. The van der Waals surface area contributed by atoms with Crippen LogP contribution in [0.1, 0.15) is 122 Å². The van der Waals surface area contributed by atoms with Gasteiger partial charge in [-0.3, -0.25) is 0 Å². The molecule has 80 heavy (non-hydrogen) atoms. The summed E-state index contributed by atoms with van der Waals surface area (Å²) in [6.45, 7) is 6.35. The molecule has 14 rings (SSSR count). The monoisotopic (exact) mass is 1100 g/mol. The van der Waals surface area contributed by atoms with Crippen LogP contribution in [0.25, 0.3) is 0 Å². The van der Waals surface area contributed by atoms with E-state index in [4.69, 9.17) is 56.8 Å². The molecule has 0 N–H and O–H groups in total. The van der Waals surface area contributed by atoms with E-state index < -0.39 is 5.60 Å². The van der Waals surface area contributed by atoms with Crippen molar-refractivity contribution in [1.82, 2.24) is 0 Å². The summed E-state index contributed by atoms with van der Waals surface area (Å²) < 4.78 is 80.2. The molecule has 4 aromatic carbocycles. The van der Waals surface area contributed by atoms with Gasteiger partial charge in [0, 0.05) is 18.3 Å². The van der Waals surface area contributed by atoms with E-state index in [1.807, 2.05) is 84.9 Å². The molecule has 0 amide bonds. The summed E-state index contributed by atoms with van der Waals surface area (Å²) in [5, 5.41) is 0. The van der Waals surface area contributed by atoms with Crippen LogP contribution in [0.2, 0.25) is 0 Å². The molecular formula is C68H88O12. The van der Waals surface area contributed by atoms with Crippen molar-refractivity contribution in [3.05, 3.63) is 97.1 Å². The van der Waals surface area contributed by atoms with Gasteiger partial charge in [-0.1, -0.05) is 87.1 Å². The van der Waals surface area contributed by atoms with Crippen molar-refractivity contribution in [2.45, 2.75) is 133 Å². The molecule has 0 saturated heterocycles. The zero-order chi connectivity index (χ0) is 53.7. The van der Waals surface area contributed by atoms with E-state index in [9.17, 15) is 0 Å². The fourth-order valence-electron chi connectivity index (χ4n) is 18.4. The van der Waals surface area contributed by atoms with E-state index in [1.165, 1.54) is 83.5 Å². The van der Waals surface area contributed by atoms with E-state index >= 15 is 0 Å². The minimum atomic E-state index is -0.434. The lowest BCUT2D eigenvalue weighted by atomic mass is 9.33. The van der Waals surface area contributed by atoms with Crippen molar-refractivity contribution in [3.8, 4) is 46.0 Å². The third-order valence-corrected chi connectivity index (χ3v) is 21.6. The van der Waals surface area contributed by atoms with Crippen molar-refractivity contribution in [2.75, 3.05) is 92.5 Å². The molecule has 8 fully saturated rings. The summed E-state index contributed by atoms with van der Waals surface area (Å²) in [4.78, 5) is 0. The van der Waals surface area contributed by atoms with E-state index in [-0.39, 0.29) is 11.0 Å². The van der Waals surface area contributed by atoms with Crippen molar-refractivity contribution in [2.24, 2.45) is 51.8 Å². The quantitative estimate of drug-likeness (QED) is 0.167. The average molecular weight is 1100 g/mol. The number of benzene rings is 4. The van der Waals surface area contributed by atoms with Gasteiger partial charge in [-0.15, -0.1) is 0 Å². The second kappa shape index (κ2) is 24.1. The molecule has 5 unspecified atom stereocenters. The lowest BCUT2D eigenvalue weighted by Gasteiger charge is -2.73. The Morgan fingerprint density at radius 3 is 1.26 bits per heavy atom. The van der Waals surface area contributed by atoms with Crippen LogP contribution in [0.3, 0.4) is 0 Å². The Morgan fingerprint density at radius 1 is 0.300 bits per heavy atom. The minimum absolute atomic E-state index is 0.129. The number of ether oxygens (including phenoxy) is 12. The normalized spacial score (nSPS) is 35.0. The van der Waals surface area contributed by atoms with Gasteiger partial charge in [0.2, 0.25) is 0 Å². The van der Waals surface area contributed by atoms with E-state index in [2.05, 4.69) is 12.1 Å². The average Bonchev–Trinajstić information content (AvgIpc) is 1.49. The summed E-state index contributed by atoms with van der Waals surface area (Å²) in [5.74, 6) is 9.18. The molecule has 2 aliphatic heterocycles. The maximum atomic E-state index is 8.00. The molecular weight excluding hydrogens is 1010 g/mol. The molecule has 10 atom stereocenters. The van der Waals surface area contributed by atoms with Crippen LogP contribution in [0.5, 0.6) is 46.0 Å². The van der Waals surface area contributed by atoms with Crippen LogP contribution in [0, 0.1) is 51.8 Å². The lowest BCUT2D eigenvalue weighted by Crippen LogP contribution is -2.73. The summed E-state index contributed by atoms with van der Waals surface area (Å²) >= 11 is 0. The highest BCUT2D eigenvalue weighted by molar-refractivity contribution is 5.43. The first-order valence-electron chi connectivity index (χ1n) is 31.4. The molecule has 10 aliphatic rings. The third-order valence-electron chi connectivity index (χ3n) is 21.6. The van der Waals surface area contributed by atoms with Gasteiger partial charge in [0.25, 0.3) is 0 Å².